The maximum absolute atomic E-state index is 6.75. The summed E-state index contributed by atoms with van der Waals surface area (Å²) in [4.78, 5) is 6.16. The van der Waals surface area contributed by atoms with Crippen molar-refractivity contribution in [2.45, 2.75) is 0 Å². The lowest BCUT2D eigenvalue weighted by Crippen LogP contribution is -2.53. The van der Waals surface area contributed by atoms with Crippen LogP contribution in [0.25, 0.3) is 16.0 Å². The lowest BCUT2D eigenvalue weighted by molar-refractivity contribution is -0.635. The molecule has 0 unspecified atom stereocenters. The smallest absolute Gasteiger partial charge is 0.189 e. The molecule has 0 bridgehead atoms. The quantitative estimate of drug-likeness (QED) is 0.277. The number of hydrogen-bond donors (Lipinski definition) is 1. The van der Waals surface area contributed by atoms with Gasteiger partial charge in [-0.25, -0.2) is 0 Å². The van der Waals surface area contributed by atoms with E-state index in [0.717, 1.165) is 5.75 Å². The van der Waals surface area contributed by atoms with E-state index in [2.05, 4.69) is 10.7 Å². The largest absolute Gasteiger partial charge is 0.373 e. The van der Waals surface area contributed by atoms with Crippen LogP contribution in [0, 0.1) is 0 Å². The molecule has 0 radical (unpaired) electrons. The summed E-state index contributed by atoms with van der Waals surface area (Å²) in [5.74, 6) is 4.05. The Morgan fingerprint density at radius 2 is 1.64 bits per heavy atom. The van der Waals surface area contributed by atoms with Gasteiger partial charge in [-0.2, -0.15) is 5.90 Å². The van der Waals surface area contributed by atoms with Crippen LogP contribution in [-0.2, 0) is 0 Å². The van der Waals surface area contributed by atoms with Crippen molar-refractivity contribution in [3.05, 3.63) is 46.3 Å². The van der Waals surface area contributed by atoms with Gasteiger partial charge in [0.15, 0.2) is 5.75 Å². The Bertz CT molecular complexity index is 217. The minimum Gasteiger partial charge on any atom is -0.373 e. The van der Waals surface area contributed by atoms with Crippen molar-refractivity contribution in [3.8, 4) is 5.75 Å². The molecule has 58 valence electrons. The molecule has 3 N–H and O–H groups in total. The molecule has 0 fully saturated rings. The van der Waals surface area contributed by atoms with Crippen LogP contribution < -0.4 is 10.7 Å². The molecule has 0 aliphatic carbocycles. The Morgan fingerprint density at radius 3 is 1.91 bits per heavy atom. The molecule has 0 atom stereocenters. The first-order valence-corrected chi connectivity index (χ1v) is 2.80. The van der Waals surface area contributed by atoms with Crippen LogP contribution in [-0.4, -0.2) is 0 Å². The Balaban J connectivity index is 0.000000292. The highest BCUT2D eigenvalue weighted by atomic mass is 16.6. The van der Waals surface area contributed by atoms with Gasteiger partial charge in [-0.05, 0) is 12.1 Å². The summed E-state index contributed by atoms with van der Waals surface area (Å²) in [5.41, 5.74) is 13.5. The number of hydrogen-bond acceptors (Lipinski definition) is 1. The predicted octanol–water partition coefficient (Wildman–Crippen LogP) is 1.09. The zero-order chi connectivity index (χ0) is 8.53. The van der Waals surface area contributed by atoms with Crippen molar-refractivity contribution < 1.29 is 10.7 Å². The lowest BCUT2D eigenvalue weighted by atomic mass is 10.3. The van der Waals surface area contributed by atoms with Crippen molar-refractivity contribution in [2.24, 2.45) is 0 Å². The van der Waals surface area contributed by atoms with Gasteiger partial charge in [0.2, 0.25) is 0 Å². The highest BCUT2D eigenvalue weighted by molar-refractivity contribution is 5.19. The van der Waals surface area contributed by atoms with Crippen LogP contribution in [0.5, 0.6) is 5.75 Å². The topological polar surface area (TPSA) is 95.6 Å². The maximum atomic E-state index is 6.75. The molecule has 1 aromatic carbocycles. The number of para-hydroxylation sites is 1. The van der Waals surface area contributed by atoms with Gasteiger partial charge in [-0.1, -0.05) is 18.2 Å². The second kappa shape index (κ2) is 6.41. The summed E-state index contributed by atoms with van der Waals surface area (Å²) in [6, 6.07) is 9.45. The average molecular weight is 152 g/mol. The van der Waals surface area contributed by atoms with Crippen LogP contribution in [0.4, 0.5) is 0 Å². The number of benzene rings is 1. The van der Waals surface area contributed by atoms with Crippen molar-refractivity contribution >= 4 is 0 Å². The van der Waals surface area contributed by atoms with Crippen LogP contribution in [0.15, 0.2) is 30.3 Å². The zero-order valence-corrected chi connectivity index (χ0v) is 5.84. The fourth-order valence-electron chi connectivity index (χ4n) is 0.517. The van der Waals surface area contributed by atoms with Gasteiger partial charge < -0.3 is 15.9 Å². The van der Waals surface area contributed by atoms with Gasteiger partial charge in [-0.3, -0.25) is 4.91 Å². The molecule has 0 saturated heterocycles. The van der Waals surface area contributed by atoms with E-state index in [1.54, 1.807) is 0 Å². The minimum absolute atomic E-state index is 0.799. The molecular weight excluding hydrogens is 144 g/mol. The Labute approximate surface area is 63.8 Å². The van der Waals surface area contributed by atoms with Gasteiger partial charge >= 0.3 is 0 Å². The normalized spacial score (nSPS) is 7.00. The van der Waals surface area contributed by atoms with Gasteiger partial charge in [0.1, 0.15) is 0 Å². The van der Waals surface area contributed by atoms with E-state index < -0.39 is 0 Å². The monoisotopic (exact) mass is 152 g/mol. The summed E-state index contributed by atoms with van der Waals surface area (Å²) >= 11 is 0. The molecule has 5 heteroatoms. The third-order valence-corrected chi connectivity index (χ3v) is 0.910. The van der Waals surface area contributed by atoms with Crippen molar-refractivity contribution in [1.82, 2.24) is 0 Å². The van der Waals surface area contributed by atoms with E-state index in [-0.39, 0.29) is 0 Å². The van der Waals surface area contributed by atoms with E-state index in [1.165, 1.54) is 4.91 Å². The molecule has 0 saturated carbocycles. The van der Waals surface area contributed by atoms with Crippen LogP contribution >= 0.6 is 0 Å². The van der Waals surface area contributed by atoms with E-state index in [0.29, 0.717) is 0 Å². The molecule has 0 heterocycles. The van der Waals surface area contributed by atoms with E-state index in [4.69, 9.17) is 11.1 Å². The van der Waals surface area contributed by atoms with Gasteiger partial charge in [0, 0.05) is 0 Å². The van der Waals surface area contributed by atoms with Gasteiger partial charge in [0.05, 0.1) is 0 Å². The van der Waals surface area contributed by atoms with Crippen molar-refractivity contribution in [3.63, 3.8) is 0 Å². The molecule has 0 amide bonds. The van der Waals surface area contributed by atoms with Gasteiger partial charge in [0.25, 0.3) is 0 Å². The lowest BCUT2D eigenvalue weighted by Gasteiger charge is -1.88. The summed E-state index contributed by atoms with van der Waals surface area (Å²) in [6.45, 7) is 0. The first kappa shape index (κ1) is 9.29. The van der Waals surface area contributed by atoms with E-state index in [1.807, 2.05) is 30.3 Å². The fraction of sp³-hybridized carbons (Fsp3) is 0. The second-order valence-electron chi connectivity index (χ2n) is 1.55. The van der Waals surface area contributed by atoms with Crippen molar-refractivity contribution in [1.29, 1.82) is 0 Å². The average Bonchev–Trinajstić information content (AvgIpc) is 2.08. The van der Waals surface area contributed by atoms with Crippen LogP contribution in [0.2, 0.25) is 0 Å². The third kappa shape index (κ3) is 4.77. The fourth-order valence-corrected chi connectivity index (χ4v) is 0.517. The molecule has 1 aromatic rings. The molecule has 1 rings (SSSR count). The first-order valence-electron chi connectivity index (χ1n) is 2.80. The Morgan fingerprint density at radius 1 is 1.18 bits per heavy atom. The van der Waals surface area contributed by atoms with E-state index >= 15 is 0 Å². The summed E-state index contributed by atoms with van der Waals surface area (Å²) in [7, 11) is 0. The molecule has 0 aliphatic heterocycles. The second-order valence-corrected chi connectivity index (χ2v) is 1.55. The minimum atomic E-state index is 0.799. The highest BCUT2D eigenvalue weighted by Crippen LogP contribution is 2.03. The van der Waals surface area contributed by atoms with Crippen molar-refractivity contribution in [2.75, 3.05) is 0 Å². The maximum Gasteiger partial charge on any atom is 0.189 e. The zero-order valence-electron chi connectivity index (χ0n) is 5.84. The molecule has 0 aromatic heterocycles. The van der Waals surface area contributed by atoms with Crippen LogP contribution in [0.1, 0.15) is 0 Å². The molecule has 0 spiro atoms. The summed E-state index contributed by atoms with van der Waals surface area (Å²) in [6.07, 6.45) is 0. The first-order chi connectivity index (χ1) is 5.35. The summed E-state index contributed by atoms with van der Waals surface area (Å²) < 4.78 is 0. The third-order valence-electron chi connectivity index (χ3n) is 0.910. The number of rotatable bonds is 1. The predicted molar refractivity (Wildman–Crippen MR) is 40.0 cm³/mol. The Hall–Kier alpha value is -1.71. The molecule has 0 aliphatic rings. The number of quaternary nitrogens is 1. The number of nitrogens with zero attached hydrogens (tertiary/aromatic N) is 3. The molecule has 11 heavy (non-hydrogen) atoms. The Kier molecular flexibility index (Phi) is 5.41. The highest BCUT2D eigenvalue weighted by Gasteiger charge is 1.84. The molecular formula is C6H8N4O. The standard InChI is InChI=1S/C6H8NO.N3/c7-8-6-4-2-1-3-5-6;1-3-2/h1-5H,7H3;/q+1;-1. The van der Waals surface area contributed by atoms with Crippen LogP contribution in [0.3, 0.4) is 0 Å². The van der Waals surface area contributed by atoms with Gasteiger partial charge in [-0.15, -0.1) is 0 Å². The summed E-state index contributed by atoms with van der Waals surface area (Å²) in [5, 5.41) is 0. The van der Waals surface area contributed by atoms with E-state index in [9.17, 15) is 0 Å². The molecule has 5 nitrogen and oxygen atoms in total. The SMILES string of the molecule is [N-]=[N+]=[N-].[NH3+]Oc1ccccc1.